The zero-order valence-corrected chi connectivity index (χ0v) is 9.21. The van der Waals surface area contributed by atoms with Crippen LogP contribution in [0.2, 0.25) is 0 Å². The molecule has 1 fully saturated rings. The first kappa shape index (κ1) is 11.2. The monoisotopic (exact) mass is 197 g/mol. The number of carbonyl (C=O) groups is 1. The number of hydrogen-bond donors (Lipinski definition) is 1. The van der Waals surface area contributed by atoms with Crippen molar-refractivity contribution < 1.29 is 4.79 Å². The normalized spacial score (nSPS) is 18.4. The van der Waals surface area contributed by atoms with Crippen LogP contribution in [-0.4, -0.2) is 35.7 Å². The van der Waals surface area contributed by atoms with E-state index in [1.165, 1.54) is 6.92 Å². The molecule has 0 aromatic carbocycles. The van der Waals surface area contributed by atoms with Crippen LogP contribution in [-0.2, 0) is 4.79 Å². The Morgan fingerprint density at radius 1 is 1.43 bits per heavy atom. The second-order valence-corrected chi connectivity index (χ2v) is 3.98. The zero-order chi connectivity index (χ0) is 10.6. The van der Waals surface area contributed by atoms with E-state index >= 15 is 0 Å². The summed E-state index contributed by atoms with van der Waals surface area (Å²) in [5.74, 6) is -0.0937. The summed E-state index contributed by atoms with van der Waals surface area (Å²) in [6.07, 6.45) is 1.94. The molecule has 0 aliphatic carbocycles. The third-order valence-electron chi connectivity index (χ3n) is 2.48. The van der Waals surface area contributed by atoms with Gasteiger partial charge in [0.15, 0.2) is 0 Å². The summed E-state index contributed by atoms with van der Waals surface area (Å²) < 4.78 is 0. The number of carbonyl (C=O) groups excluding carboxylic acids is 1. The van der Waals surface area contributed by atoms with Gasteiger partial charge in [0.25, 0.3) is 0 Å². The number of nitrogens with zero attached hydrogens (tertiary/aromatic N) is 2. The van der Waals surface area contributed by atoms with Crippen molar-refractivity contribution in [1.29, 1.82) is 0 Å². The summed E-state index contributed by atoms with van der Waals surface area (Å²) >= 11 is 0. The maximum absolute atomic E-state index is 10.6. The minimum atomic E-state index is -0.0937. The molecule has 0 atom stereocenters. The molecular weight excluding hydrogens is 178 g/mol. The molecule has 1 aliphatic heterocycles. The van der Waals surface area contributed by atoms with Crippen molar-refractivity contribution in [3.8, 4) is 0 Å². The molecule has 0 unspecified atom stereocenters. The fourth-order valence-corrected chi connectivity index (χ4v) is 1.57. The van der Waals surface area contributed by atoms with Crippen molar-refractivity contribution in [3.05, 3.63) is 0 Å². The molecule has 1 saturated heterocycles. The van der Waals surface area contributed by atoms with Crippen LogP contribution in [0, 0.1) is 0 Å². The van der Waals surface area contributed by atoms with Crippen LogP contribution < -0.4 is 5.43 Å². The lowest BCUT2D eigenvalue weighted by molar-refractivity contribution is -0.118. The molecule has 80 valence electrons. The molecule has 1 heterocycles. The SMILES string of the molecule is CC(=O)NN=C1CCN(C(C)C)CC1. The molecule has 0 spiro atoms. The van der Waals surface area contributed by atoms with Gasteiger partial charge in [-0.1, -0.05) is 0 Å². The third-order valence-corrected chi connectivity index (χ3v) is 2.48. The first-order valence-corrected chi connectivity index (χ1v) is 5.15. The lowest BCUT2D eigenvalue weighted by atomic mass is 10.1. The molecule has 14 heavy (non-hydrogen) atoms. The third kappa shape index (κ3) is 3.46. The van der Waals surface area contributed by atoms with Crippen molar-refractivity contribution in [3.63, 3.8) is 0 Å². The van der Waals surface area contributed by atoms with Crippen LogP contribution >= 0.6 is 0 Å². The Labute approximate surface area is 85.4 Å². The van der Waals surface area contributed by atoms with E-state index in [0.717, 1.165) is 31.6 Å². The first-order chi connectivity index (χ1) is 6.59. The molecule has 4 nitrogen and oxygen atoms in total. The smallest absolute Gasteiger partial charge is 0.236 e. The van der Waals surface area contributed by atoms with Gasteiger partial charge in [-0.05, 0) is 13.8 Å². The van der Waals surface area contributed by atoms with Gasteiger partial charge in [-0.3, -0.25) is 4.79 Å². The molecule has 4 heteroatoms. The van der Waals surface area contributed by atoms with Gasteiger partial charge in [0.2, 0.25) is 5.91 Å². The van der Waals surface area contributed by atoms with E-state index in [1.54, 1.807) is 0 Å². The van der Waals surface area contributed by atoms with Crippen LogP contribution in [0.25, 0.3) is 0 Å². The van der Waals surface area contributed by atoms with Gasteiger partial charge in [0, 0.05) is 44.6 Å². The van der Waals surface area contributed by atoms with Crippen molar-refractivity contribution in [2.75, 3.05) is 13.1 Å². The maximum Gasteiger partial charge on any atom is 0.236 e. The molecule has 0 radical (unpaired) electrons. The molecule has 0 saturated carbocycles. The fourth-order valence-electron chi connectivity index (χ4n) is 1.57. The summed E-state index contributed by atoms with van der Waals surface area (Å²) in [5.41, 5.74) is 3.60. The average Bonchev–Trinajstić information content (AvgIpc) is 2.15. The van der Waals surface area contributed by atoms with Crippen LogP contribution in [0.15, 0.2) is 5.10 Å². The lowest BCUT2D eigenvalue weighted by Gasteiger charge is -2.30. The first-order valence-electron chi connectivity index (χ1n) is 5.15. The van der Waals surface area contributed by atoms with Gasteiger partial charge in [0.1, 0.15) is 0 Å². The van der Waals surface area contributed by atoms with Crippen molar-refractivity contribution >= 4 is 11.6 Å². The predicted molar refractivity (Wildman–Crippen MR) is 57.2 cm³/mol. The molecule has 1 N–H and O–H groups in total. The second kappa shape index (κ2) is 5.10. The van der Waals surface area contributed by atoms with E-state index in [1.807, 2.05) is 0 Å². The quantitative estimate of drug-likeness (QED) is 0.671. The highest BCUT2D eigenvalue weighted by Crippen LogP contribution is 2.09. The van der Waals surface area contributed by atoms with E-state index in [2.05, 4.69) is 29.3 Å². The van der Waals surface area contributed by atoms with Gasteiger partial charge >= 0.3 is 0 Å². The highest BCUT2D eigenvalue weighted by molar-refractivity contribution is 5.86. The minimum absolute atomic E-state index is 0.0937. The van der Waals surface area contributed by atoms with Crippen molar-refractivity contribution in [2.45, 2.75) is 39.7 Å². The topological polar surface area (TPSA) is 44.7 Å². The van der Waals surface area contributed by atoms with Gasteiger partial charge in [-0.15, -0.1) is 0 Å². The molecule has 0 aromatic heterocycles. The summed E-state index contributed by atoms with van der Waals surface area (Å²) in [5, 5.41) is 4.07. The number of nitrogens with one attached hydrogen (secondary N) is 1. The number of likely N-dealkylation sites (tertiary alicyclic amines) is 1. The number of hydrogen-bond acceptors (Lipinski definition) is 3. The number of piperidine rings is 1. The van der Waals surface area contributed by atoms with Gasteiger partial charge in [-0.25, -0.2) is 5.43 Å². The maximum atomic E-state index is 10.6. The van der Waals surface area contributed by atoms with Gasteiger partial charge < -0.3 is 4.90 Å². The molecular formula is C10H19N3O. The predicted octanol–water partition coefficient (Wildman–Crippen LogP) is 0.983. The zero-order valence-electron chi connectivity index (χ0n) is 9.21. The molecule has 1 amide bonds. The Balaban J connectivity index is 2.35. The summed E-state index contributed by atoms with van der Waals surface area (Å²) in [6.45, 7) is 7.99. The van der Waals surface area contributed by atoms with E-state index < -0.39 is 0 Å². The molecule has 0 bridgehead atoms. The average molecular weight is 197 g/mol. The van der Waals surface area contributed by atoms with E-state index in [-0.39, 0.29) is 5.91 Å². The van der Waals surface area contributed by atoms with Crippen LogP contribution in [0.5, 0.6) is 0 Å². The summed E-state index contributed by atoms with van der Waals surface area (Å²) in [7, 11) is 0. The van der Waals surface area contributed by atoms with Crippen LogP contribution in [0.3, 0.4) is 0 Å². The molecule has 0 aromatic rings. The van der Waals surface area contributed by atoms with E-state index in [0.29, 0.717) is 6.04 Å². The minimum Gasteiger partial charge on any atom is -0.300 e. The van der Waals surface area contributed by atoms with Gasteiger partial charge in [0.05, 0.1) is 0 Å². The highest BCUT2D eigenvalue weighted by Gasteiger charge is 2.16. The molecule has 1 aliphatic rings. The summed E-state index contributed by atoms with van der Waals surface area (Å²) in [6, 6.07) is 0.609. The molecule has 1 rings (SSSR count). The van der Waals surface area contributed by atoms with Crippen LogP contribution in [0.1, 0.15) is 33.6 Å². The Hall–Kier alpha value is -0.900. The van der Waals surface area contributed by atoms with Crippen LogP contribution in [0.4, 0.5) is 0 Å². The van der Waals surface area contributed by atoms with Crippen molar-refractivity contribution in [2.24, 2.45) is 5.10 Å². The fraction of sp³-hybridized carbons (Fsp3) is 0.800. The van der Waals surface area contributed by atoms with Crippen molar-refractivity contribution in [1.82, 2.24) is 10.3 Å². The second-order valence-electron chi connectivity index (χ2n) is 3.98. The van der Waals surface area contributed by atoms with E-state index in [9.17, 15) is 4.79 Å². The van der Waals surface area contributed by atoms with Gasteiger partial charge in [-0.2, -0.15) is 5.10 Å². The highest BCUT2D eigenvalue weighted by atomic mass is 16.2. The van der Waals surface area contributed by atoms with E-state index in [4.69, 9.17) is 0 Å². The standard InChI is InChI=1S/C10H19N3O/c1-8(2)13-6-4-10(5-7-13)12-11-9(3)14/h8H,4-7H2,1-3H3,(H,11,14). The Morgan fingerprint density at radius 3 is 2.43 bits per heavy atom. The number of hydrazone groups is 1. The Kier molecular flexibility index (Phi) is 4.07. The number of rotatable bonds is 2. The largest absolute Gasteiger partial charge is 0.300 e. The Morgan fingerprint density at radius 2 is 2.00 bits per heavy atom. The number of amides is 1. The Bertz CT molecular complexity index is 226. The summed E-state index contributed by atoms with van der Waals surface area (Å²) in [4.78, 5) is 13.1. The lowest BCUT2D eigenvalue weighted by Crippen LogP contribution is -2.39.